The maximum absolute atomic E-state index is 12.3. The van der Waals surface area contributed by atoms with Gasteiger partial charge >= 0.3 is 0 Å². The van der Waals surface area contributed by atoms with Gasteiger partial charge in [-0.2, -0.15) is 4.80 Å². The number of ketones is 1. The number of rotatable bonds is 4. The Kier molecular flexibility index (Phi) is 3.49. The lowest BCUT2D eigenvalue weighted by Gasteiger charge is -2.34. The average molecular weight is 239 g/mol. The van der Waals surface area contributed by atoms with Gasteiger partial charge in [0.15, 0.2) is 5.82 Å². The van der Waals surface area contributed by atoms with E-state index in [9.17, 15) is 4.79 Å². The first kappa shape index (κ1) is 12.1. The van der Waals surface area contributed by atoms with E-state index in [-0.39, 0.29) is 12.2 Å². The Balaban J connectivity index is 2.07. The fourth-order valence-corrected chi connectivity index (χ4v) is 2.08. The number of carbonyl (C=O) groups excluding carboxylic acids is 1. The largest absolute Gasteiger partial charge is 0.381 e. The first-order chi connectivity index (χ1) is 8.16. The Hall–Kier alpha value is -1.34. The maximum atomic E-state index is 12.3. The van der Waals surface area contributed by atoms with Gasteiger partial charge in [-0.25, -0.2) is 0 Å². The summed E-state index contributed by atoms with van der Waals surface area (Å²) in [5.74, 6) is 0.549. The van der Waals surface area contributed by atoms with Crippen molar-refractivity contribution in [2.75, 3.05) is 19.8 Å². The van der Waals surface area contributed by atoms with Crippen LogP contribution in [0.2, 0.25) is 0 Å². The molecule has 1 aromatic heterocycles. The van der Waals surface area contributed by atoms with Gasteiger partial charge in [0.05, 0.1) is 13.5 Å². The van der Waals surface area contributed by atoms with Gasteiger partial charge in [-0.15, -0.1) is 10.2 Å². The Morgan fingerprint density at radius 2 is 2.24 bits per heavy atom. The standard InChI is InChI=1S/C10H17N5O2/c1-15-13-9(12-14-15)6-8(16)10(7-11)2-4-17-5-3-10/h2-7,11H2,1H3. The van der Waals surface area contributed by atoms with E-state index in [0.717, 1.165) is 0 Å². The minimum Gasteiger partial charge on any atom is -0.381 e. The summed E-state index contributed by atoms with van der Waals surface area (Å²) in [7, 11) is 1.67. The fourth-order valence-electron chi connectivity index (χ4n) is 2.08. The van der Waals surface area contributed by atoms with Crippen molar-refractivity contribution in [2.45, 2.75) is 19.3 Å². The van der Waals surface area contributed by atoms with E-state index in [0.29, 0.717) is 38.4 Å². The zero-order valence-corrected chi connectivity index (χ0v) is 9.93. The molecule has 0 saturated carbocycles. The first-order valence-electron chi connectivity index (χ1n) is 5.70. The molecule has 0 aromatic carbocycles. The molecule has 0 atom stereocenters. The van der Waals surface area contributed by atoms with Crippen molar-refractivity contribution in [3.63, 3.8) is 0 Å². The van der Waals surface area contributed by atoms with E-state index in [1.165, 1.54) is 4.80 Å². The molecule has 0 unspecified atom stereocenters. The van der Waals surface area contributed by atoms with Crippen LogP contribution in [0.15, 0.2) is 0 Å². The smallest absolute Gasteiger partial charge is 0.182 e. The third kappa shape index (κ3) is 2.50. The summed E-state index contributed by atoms with van der Waals surface area (Å²) in [6, 6.07) is 0. The molecule has 7 nitrogen and oxygen atoms in total. The minimum atomic E-state index is -0.461. The third-order valence-electron chi connectivity index (χ3n) is 3.30. The van der Waals surface area contributed by atoms with Crippen molar-refractivity contribution in [2.24, 2.45) is 18.2 Å². The highest BCUT2D eigenvalue weighted by atomic mass is 16.5. The van der Waals surface area contributed by atoms with Crippen molar-refractivity contribution in [1.29, 1.82) is 0 Å². The molecule has 0 aliphatic carbocycles. The second-order valence-corrected chi connectivity index (χ2v) is 4.39. The fraction of sp³-hybridized carbons (Fsp3) is 0.800. The van der Waals surface area contributed by atoms with Crippen LogP contribution in [-0.2, 0) is 23.0 Å². The quantitative estimate of drug-likeness (QED) is 0.729. The lowest BCUT2D eigenvalue weighted by atomic mass is 9.75. The topological polar surface area (TPSA) is 95.9 Å². The summed E-state index contributed by atoms with van der Waals surface area (Å²) in [4.78, 5) is 13.6. The van der Waals surface area contributed by atoms with Crippen molar-refractivity contribution in [1.82, 2.24) is 20.2 Å². The molecule has 1 aliphatic rings. The molecule has 2 N–H and O–H groups in total. The van der Waals surface area contributed by atoms with E-state index >= 15 is 0 Å². The summed E-state index contributed by atoms with van der Waals surface area (Å²) in [6.07, 6.45) is 1.57. The Morgan fingerprint density at radius 3 is 2.76 bits per heavy atom. The number of tetrazole rings is 1. The molecule has 0 bridgehead atoms. The molecule has 2 heterocycles. The van der Waals surface area contributed by atoms with Gasteiger partial charge in [0.2, 0.25) is 0 Å². The van der Waals surface area contributed by atoms with Crippen LogP contribution in [0, 0.1) is 5.41 Å². The molecule has 1 saturated heterocycles. The second kappa shape index (κ2) is 4.89. The van der Waals surface area contributed by atoms with Crippen molar-refractivity contribution < 1.29 is 9.53 Å². The van der Waals surface area contributed by atoms with Crippen LogP contribution in [0.5, 0.6) is 0 Å². The summed E-state index contributed by atoms with van der Waals surface area (Å²) < 4.78 is 5.28. The predicted molar refractivity (Wildman–Crippen MR) is 59.0 cm³/mol. The summed E-state index contributed by atoms with van der Waals surface area (Å²) >= 11 is 0. The molecule has 1 aromatic rings. The lowest BCUT2D eigenvalue weighted by Crippen LogP contribution is -2.44. The predicted octanol–water partition coefficient (Wildman–Crippen LogP) is -0.923. The number of hydrogen-bond acceptors (Lipinski definition) is 6. The molecular weight excluding hydrogens is 222 g/mol. The highest BCUT2D eigenvalue weighted by molar-refractivity contribution is 5.86. The van der Waals surface area contributed by atoms with Crippen LogP contribution in [0.25, 0.3) is 0 Å². The zero-order chi connectivity index (χ0) is 12.3. The Morgan fingerprint density at radius 1 is 1.53 bits per heavy atom. The van der Waals surface area contributed by atoms with Crippen LogP contribution in [-0.4, -0.2) is 45.7 Å². The van der Waals surface area contributed by atoms with E-state index in [2.05, 4.69) is 15.4 Å². The Labute approximate surface area is 99.3 Å². The first-order valence-corrected chi connectivity index (χ1v) is 5.70. The second-order valence-electron chi connectivity index (χ2n) is 4.39. The van der Waals surface area contributed by atoms with Gasteiger partial charge in [-0.05, 0) is 18.1 Å². The minimum absolute atomic E-state index is 0.0938. The van der Waals surface area contributed by atoms with Crippen LogP contribution in [0.1, 0.15) is 18.7 Å². The van der Waals surface area contributed by atoms with Crippen molar-refractivity contribution >= 4 is 5.78 Å². The van der Waals surface area contributed by atoms with Crippen LogP contribution < -0.4 is 5.73 Å². The number of Topliss-reactive ketones (excluding diaryl/α,β-unsaturated/α-hetero) is 1. The SMILES string of the molecule is Cn1nnc(CC(=O)C2(CN)CCOCC2)n1. The van der Waals surface area contributed by atoms with Gasteiger partial charge < -0.3 is 10.5 Å². The maximum Gasteiger partial charge on any atom is 0.182 e. The number of aryl methyl sites for hydroxylation is 1. The number of ether oxygens (including phenoxy) is 1. The number of aromatic nitrogens is 4. The number of hydrogen-bond donors (Lipinski definition) is 1. The van der Waals surface area contributed by atoms with Gasteiger partial charge in [0.1, 0.15) is 5.78 Å². The van der Waals surface area contributed by atoms with Crippen LogP contribution in [0.4, 0.5) is 0 Å². The molecule has 17 heavy (non-hydrogen) atoms. The number of nitrogens with zero attached hydrogens (tertiary/aromatic N) is 4. The molecule has 1 fully saturated rings. The zero-order valence-electron chi connectivity index (χ0n) is 9.93. The van der Waals surface area contributed by atoms with Crippen molar-refractivity contribution in [3.05, 3.63) is 5.82 Å². The number of nitrogens with two attached hydrogens (primary N) is 1. The highest BCUT2D eigenvalue weighted by Gasteiger charge is 2.38. The molecule has 1 aliphatic heterocycles. The van der Waals surface area contributed by atoms with Gasteiger partial charge in [0.25, 0.3) is 0 Å². The monoisotopic (exact) mass is 239 g/mol. The van der Waals surface area contributed by atoms with E-state index in [4.69, 9.17) is 10.5 Å². The highest BCUT2D eigenvalue weighted by Crippen LogP contribution is 2.31. The summed E-state index contributed by atoms with van der Waals surface area (Å²) in [6.45, 7) is 1.54. The molecule has 0 amide bonds. The van der Waals surface area contributed by atoms with Crippen LogP contribution in [0.3, 0.4) is 0 Å². The van der Waals surface area contributed by atoms with Gasteiger partial charge in [-0.3, -0.25) is 4.79 Å². The lowest BCUT2D eigenvalue weighted by molar-refractivity contribution is -0.133. The van der Waals surface area contributed by atoms with Gasteiger partial charge in [0, 0.05) is 25.2 Å². The molecule has 0 radical (unpaired) electrons. The molecule has 2 rings (SSSR count). The van der Waals surface area contributed by atoms with E-state index < -0.39 is 5.41 Å². The van der Waals surface area contributed by atoms with Gasteiger partial charge in [-0.1, -0.05) is 0 Å². The summed E-state index contributed by atoms with van der Waals surface area (Å²) in [5, 5.41) is 11.5. The van der Waals surface area contributed by atoms with E-state index in [1.807, 2.05) is 0 Å². The number of carbonyl (C=O) groups is 1. The average Bonchev–Trinajstić information content (AvgIpc) is 2.75. The Bertz CT molecular complexity index is 397. The third-order valence-corrected chi connectivity index (χ3v) is 3.30. The van der Waals surface area contributed by atoms with Crippen LogP contribution >= 0.6 is 0 Å². The summed E-state index contributed by atoms with van der Waals surface area (Å²) in [5.41, 5.74) is 5.30. The molecule has 7 heteroatoms. The molecule has 94 valence electrons. The molecule has 0 spiro atoms. The van der Waals surface area contributed by atoms with E-state index in [1.54, 1.807) is 7.05 Å². The molecular formula is C10H17N5O2. The van der Waals surface area contributed by atoms with Crippen molar-refractivity contribution in [3.8, 4) is 0 Å². The normalized spacial score (nSPS) is 19.2.